The molecule has 1 rings (SSSR count). The maximum absolute atomic E-state index is 12.0. The number of hydrogen-bond donors (Lipinski definition) is 2. The predicted molar refractivity (Wildman–Crippen MR) is 67.4 cm³/mol. The van der Waals surface area contributed by atoms with Crippen LogP contribution in [0.25, 0.3) is 0 Å². The Hall–Kier alpha value is -1.96. The fraction of sp³-hybridized carbons (Fsp3) is 0.500. The zero-order valence-electron chi connectivity index (χ0n) is 10.4. The summed E-state index contributed by atoms with van der Waals surface area (Å²) in [6.45, 7) is 3.77. The first-order valence-electron chi connectivity index (χ1n) is 5.57. The van der Waals surface area contributed by atoms with Crippen molar-refractivity contribution < 1.29 is 4.79 Å². The van der Waals surface area contributed by atoms with Crippen molar-refractivity contribution in [3.05, 3.63) is 11.4 Å². The van der Waals surface area contributed by atoms with Gasteiger partial charge in [-0.05, 0) is 13.3 Å². The zero-order valence-corrected chi connectivity index (χ0v) is 10.4. The summed E-state index contributed by atoms with van der Waals surface area (Å²) in [5, 5.41) is 6.85. The van der Waals surface area contributed by atoms with E-state index in [1.54, 1.807) is 14.0 Å². The lowest BCUT2D eigenvalue weighted by Gasteiger charge is -2.12. The quantitative estimate of drug-likeness (QED) is 0.758. The van der Waals surface area contributed by atoms with Crippen LogP contribution in [-0.4, -0.2) is 21.7 Å². The number of aromatic nitrogens is 2. The minimum atomic E-state index is -0.276. The molecule has 1 unspecified atom stereocenters. The third-order valence-electron chi connectivity index (χ3n) is 2.57. The van der Waals surface area contributed by atoms with Gasteiger partial charge < -0.3 is 11.1 Å². The van der Waals surface area contributed by atoms with Crippen LogP contribution in [0.3, 0.4) is 0 Å². The Labute approximate surface area is 101 Å². The highest BCUT2D eigenvalue weighted by molar-refractivity contribution is 5.98. The number of terminal acetylenes is 1. The standard InChI is InChI=1S/C12H18N4O/c1-5-7-9(6-2)14-12(17)11-10(13)8(3)15-16(11)4/h2,9H,5,7,13H2,1,3-4H3,(H,14,17). The maximum Gasteiger partial charge on any atom is 0.272 e. The van der Waals surface area contributed by atoms with Crippen LogP contribution in [0.2, 0.25) is 0 Å². The Morgan fingerprint density at radius 2 is 2.35 bits per heavy atom. The van der Waals surface area contributed by atoms with Crippen molar-refractivity contribution in [2.24, 2.45) is 7.05 Å². The normalized spacial score (nSPS) is 11.9. The molecule has 0 aliphatic heterocycles. The number of amides is 1. The average Bonchev–Trinajstić information content (AvgIpc) is 2.52. The molecule has 0 fully saturated rings. The van der Waals surface area contributed by atoms with Gasteiger partial charge in [-0.25, -0.2) is 0 Å². The molecule has 1 aromatic rings. The molecule has 17 heavy (non-hydrogen) atoms. The molecule has 5 nitrogen and oxygen atoms in total. The van der Waals surface area contributed by atoms with Crippen molar-refractivity contribution in [2.75, 3.05) is 5.73 Å². The molecular weight excluding hydrogens is 216 g/mol. The van der Waals surface area contributed by atoms with E-state index in [4.69, 9.17) is 12.2 Å². The second-order valence-corrected chi connectivity index (χ2v) is 3.95. The lowest BCUT2D eigenvalue weighted by molar-refractivity contribution is 0.0936. The summed E-state index contributed by atoms with van der Waals surface area (Å²) >= 11 is 0. The van der Waals surface area contributed by atoms with E-state index in [0.717, 1.165) is 12.8 Å². The number of nitrogens with two attached hydrogens (primary N) is 1. The van der Waals surface area contributed by atoms with Crippen molar-refractivity contribution in [3.8, 4) is 12.3 Å². The van der Waals surface area contributed by atoms with Gasteiger partial charge in [0.15, 0.2) is 0 Å². The van der Waals surface area contributed by atoms with E-state index >= 15 is 0 Å². The molecule has 0 bridgehead atoms. The highest BCUT2D eigenvalue weighted by Gasteiger charge is 2.19. The van der Waals surface area contributed by atoms with E-state index in [-0.39, 0.29) is 11.9 Å². The molecule has 0 aliphatic carbocycles. The van der Waals surface area contributed by atoms with Gasteiger partial charge in [-0.3, -0.25) is 9.48 Å². The van der Waals surface area contributed by atoms with Gasteiger partial charge in [0.25, 0.3) is 5.91 Å². The summed E-state index contributed by atoms with van der Waals surface area (Å²) < 4.78 is 1.47. The number of rotatable bonds is 4. The Morgan fingerprint density at radius 1 is 1.71 bits per heavy atom. The van der Waals surface area contributed by atoms with Crippen molar-refractivity contribution in [1.82, 2.24) is 15.1 Å². The molecular formula is C12H18N4O. The lowest BCUT2D eigenvalue weighted by atomic mass is 10.1. The molecule has 1 heterocycles. The summed E-state index contributed by atoms with van der Waals surface area (Å²) in [7, 11) is 1.68. The Bertz CT molecular complexity index is 456. The molecule has 1 atom stereocenters. The zero-order chi connectivity index (χ0) is 13.0. The molecule has 0 aliphatic rings. The summed E-state index contributed by atoms with van der Waals surface area (Å²) in [5.41, 5.74) is 7.20. The Balaban J connectivity index is 2.87. The summed E-state index contributed by atoms with van der Waals surface area (Å²) in [5.74, 6) is 2.27. The SMILES string of the molecule is C#CC(CCC)NC(=O)c1c(N)c(C)nn1C. The first-order chi connectivity index (χ1) is 8.01. The van der Waals surface area contributed by atoms with E-state index in [1.807, 2.05) is 6.92 Å². The molecule has 0 radical (unpaired) electrons. The lowest BCUT2D eigenvalue weighted by Crippen LogP contribution is -2.35. The molecule has 3 N–H and O–H groups in total. The number of nitrogens with zero attached hydrogens (tertiary/aromatic N) is 2. The first-order valence-corrected chi connectivity index (χ1v) is 5.57. The van der Waals surface area contributed by atoms with Gasteiger partial charge in [0.2, 0.25) is 0 Å². The topological polar surface area (TPSA) is 72.9 Å². The van der Waals surface area contributed by atoms with E-state index < -0.39 is 0 Å². The predicted octanol–water partition coefficient (Wildman–Crippen LogP) is 0.842. The third-order valence-corrected chi connectivity index (χ3v) is 2.57. The van der Waals surface area contributed by atoms with E-state index in [0.29, 0.717) is 17.1 Å². The van der Waals surface area contributed by atoms with Crippen LogP contribution >= 0.6 is 0 Å². The average molecular weight is 234 g/mol. The number of carbonyl (C=O) groups excluding carboxylic acids is 1. The summed E-state index contributed by atoms with van der Waals surface area (Å²) in [4.78, 5) is 12.0. The molecule has 0 spiro atoms. The van der Waals surface area contributed by atoms with Crippen molar-refractivity contribution in [3.63, 3.8) is 0 Å². The molecule has 1 amide bonds. The Morgan fingerprint density at radius 3 is 2.76 bits per heavy atom. The number of carbonyl (C=O) groups is 1. The first kappa shape index (κ1) is 13.1. The Kier molecular flexibility index (Phi) is 4.16. The van der Waals surface area contributed by atoms with Crippen LogP contribution in [0.5, 0.6) is 0 Å². The second-order valence-electron chi connectivity index (χ2n) is 3.95. The molecule has 92 valence electrons. The number of hydrogen-bond acceptors (Lipinski definition) is 3. The van der Waals surface area contributed by atoms with Gasteiger partial charge >= 0.3 is 0 Å². The fourth-order valence-electron chi connectivity index (χ4n) is 1.66. The molecule has 0 saturated heterocycles. The van der Waals surface area contributed by atoms with E-state index in [9.17, 15) is 4.79 Å². The van der Waals surface area contributed by atoms with Gasteiger partial charge in [0.05, 0.1) is 17.4 Å². The van der Waals surface area contributed by atoms with E-state index in [1.165, 1.54) is 4.68 Å². The number of nitrogen functional groups attached to an aromatic ring is 1. The minimum absolute atomic E-state index is 0.262. The van der Waals surface area contributed by atoms with Gasteiger partial charge in [0.1, 0.15) is 5.69 Å². The monoisotopic (exact) mass is 234 g/mol. The smallest absolute Gasteiger partial charge is 0.272 e. The summed E-state index contributed by atoms with van der Waals surface area (Å²) in [6, 6.07) is -0.262. The number of aryl methyl sites for hydroxylation is 2. The van der Waals surface area contributed by atoms with Crippen LogP contribution in [0.15, 0.2) is 0 Å². The molecule has 1 aromatic heterocycles. The molecule has 5 heteroatoms. The fourth-order valence-corrected chi connectivity index (χ4v) is 1.66. The number of anilines is 1. The summed E-state index contributed by atoms with van der Waals surface area (Å²) in [6.07, 6.45) is 7.01. The minimum Gasteiger partial charge on any atom is -0.395 e. The number of nitrogens with one attached hydrogen (secondary N) is 1. The van der Waals surface area contributed by atoms with Crippen LogP contribution in [0.4, 0.5) is 5.69 Å². The van der Waals surface area contributed by atoms with Gasteiger partial charge in [-0.2, -0.15) is 5.10 Å². The third kappa shape index (κ3) is 2.78. The van der Waals surface area contributed by atoms with Crippen LogP contribution in [0.1, 0.15) is 35.9 Å². The van der Waals surface area contributed by atoms with Crippen molar-refractivity contribution in [1.29, 1.82) is 0 Å². The molecule has 0 saturated carbocycles. The highest BCUT2D eigenvalue weighted by Crippen LogP contribution is 2.15. The van der Waals surface area contributed by atoms with Crippen molar-refractivity contribution >= 4 is 11.6 Å². The maximum atomic E-state index is 12.0. The largest absolute Gasteiger partial charge is 0.395 e. The second kappa shape index (κ2) is 5.39. The van der Waals surface area contributed by atoms with Crippen LogP contribution < -0.4 is 11.1 Å². The highest BCUT2D eigenvalue weighted by atomic mass is 16.2. The van der Waals surface area contributed by atoms with E-state index in [2.05, 4.69) is 16.3 Å². The van der Waals surface area contributed by atoms with Gasteiger partial charge in [-0.15, -0.1) is 6.42 Å². The molecule has 0 aromatic carbocycles. The van der Waals surface area contributed by atoms with Crippen LogP contribution in [0, 0.1) is 19.3 Å². The van der Waals surface area contributed by atoms with Crippen LogP contribution in [-0.2, 0) is 7.05 Å². The van der Waals surface area contributed by atoms with Gasteiger partial charge in [-0.1, -0.05) is 19.3 Å². The van der Waals surface area contributed by atoms with Gasteiger partial charge in [0, 0.05) is 7.05 Å². The van der Waals surface area contributed by atoms with Crippen molar-refractivity contribution in [2.45, 2.75) is 32.7 Å².